The minimum absolute atomic E-state index is 0.172. The van der Waals surface area contributed by atoms with Crippen molar-refractivity contribution in [3.8, 4) is 0 Å². The molecule has 0 aliphatic carbocycles. The topological polar surface area (TPSA) is 149 Å². The summed E-state index contributed by atoms with van der Waals surface area (Å²) in [7, 11) is -4.61. The van der Waals surface area contributed by atoms with Crippen LogP contribution in [0, 0.1) is 0 Å². The van der Waals surface area contributed by atoms with Crippen LogP contribution in [0.2, 0.25) is 0 Å². The first-order valence-electron chi connectivity index (χ1n) is 20.3. The normalized spacial score (nSPS) is 14.2. The third kappa shape index (κ3) is 36.6. The van der Waals surface area contributed by atoms with E-state index in [0.717, 1.165) is 64.2 Å². The van der Waals surface area contributed by atoms with Crippen molar-refractivity contribution in [1.29, 1.82) is 0 Å². The number of allylic oxidation sites excluding steroid dienone is 4. The van der Waals surface area contributed by atoms with Gasteiger partial charge in [0.25, 0.3) is 0 Å². The van der Waals surface area contributed by atoms with Crippen LogP contribution in [0.3, 0.4) is 0 Å². The van der Waals surface area contributed by atoms with Crippen LogP contribution in [0.4, 0.5) is 0 Å². The molecule has 0 aromatic heterocycles. The van der Waals surface area contributed by atoms with Crippen LogP contribution in [0.15, 0.2) is 24.3 Å². The molecular formula is C40H75O10P. The predicted octanol–water partition coefficient (Wildman–Crippen LogP) is 10.2. The molecule has 0 radical (unpaired) electrons. The summed E-state index contributed by atoms with van der Waals surface area (Å²) in [5, 5.41) is 18.3. The summed E-state index contributed by atoms with van der Waals surface area (Å²) in [5.74, 6) is -0.951. The van der Waals surface area contributed by atoms with Crippen LogP contribution in [-0.4, -0.2) is 65.7 Å². The van der Waals surface area contributed by atoms with Crippen molar-refractivity contribution in [3.63, 3.8) is 0 Å². The van der Waals surface area contributed by atoms with Crippen LogP contribution in [0.5, 0.6) is 0 Å². The van der Waals surface area contributed by atoms with Crippen LogP contribution >= 0.6 is 7.82 Å². The molecule has 0 rings (SSSR count). The molecule has 0 aromatic carbocycles. The van der Waals surface area contributed by atoms with E-state index in [2.05, 4.69) is 42.7 Å². The van der Waals surface area contributed by atoms with Gasteiger partial charge in [0.1, 0.15) is 12.7 Å². The van der Waals surface area contributed by atoms with E-state index in [0.29, 0.717) is 12.8 Å². The highest BCUT2D eigenvalue weighted by molar-refractivity contribution is 7.47. The number of unbranched alkanes of at least 4 members (excludes halogenated alkanes) is 20. The van der Waals surface area contributed by atoms with E-state index in [-0.39, 0.29) is 19.4 Å². The van der Waals surface area contributed by atoms with Gasteiger partial charge in [0.15, 0.2) is 6.10 Å². The molecule has 0 aliphatic heterocycles. The lowest BCUT2D eigenvalue weighted by atomic mass is 10.1. The van der Waals surface area contributed by atoms with E-state index >= 15 is 0 Å². The van der Waals surface area contributed by atoms with Crippen molar-refractivity contribution in [2.24, 2.45) is 0 Å². The summed E-state index contributed by atoms with van der Waals surface area (Å²) in [6.45, 7) is 2.33. The van der Waals surface area contributed by atoms with Gasteiger partial charge in [0.05, 0.1) is 19.8 Å². The van der Waals surface area contributed by atoms with Crippen molar-refractivity contribution in [2.75, 3.05) is 26.4 Å². The summed E-state index contributed by atoms with van der Waals surface area (Å²) < 4.78 is 32.6. The average molecular weight is 747 g/mol. The van der Waals surface area contributed by atoms with E-state index in [4.69, 9.17) is 19.1 Å². The predicted molar refractivity (Wildman–Crippen MR) is 205 cm³/mol. The highest BCUT2D eigenvalue weighted by Crippen LogP contribution is 2.43. The van der Waals surface area contributed by atoms with Gasteiger partial charge >= 0.3 is 19.8 Å². The average Bonchev–Trinajstić information content (AvgIpc) is 3.12. The molecule has 3 atom stereocenters. The first-order valence-corrected chi connectivity index (χ1v) is 21.8. The maximum atomic E-state index is 12.6. The molecule has 1 unspecified atom stereocenters. The number of phosphoric acid groups is 1. The molecular weight excluding hydrogens is 671 g/mol. The number of esters is 2. The molecule has 300 valence electrons. The number of hydrogen-bond donors (Lipinski definition) is 3. The lowest BCUT2D eigenvalue weighted by molar-refractivity contribution is -0.161. The molecule has 0 bridgehead atoms. The fourth-order valence-corrected chi connectivity index (χ4v) is 6.18. The van der Waals surface area contributed by atoms with E-state index in [1.54, 1.807) is 0 Å². The number of rotatable bonds is 38. The Morgan fingerprint density at radius 2 is 0.961 bits per heavy atom. The summed E-state index contributed by atoms with van der Waals surface area (Å²) in [6, 6.07) is 0. The quantitative estimate of drug-likeness (QED) is 0.0241. The molecule has 0 saturated carbocycles. The van der Waals surface area contributed by atoms with Crippen molar-refractivity contribution < 1.29 is 47.8 Å². The van der Waals surface area contributed by atoms with Crippen LogP contribution in [0.25, 0.3) is 0 Å². The summed E-state index contributed by atoms with van der Waals surface area (Å²) in [5.41, 5.74) is 0. The van der Waals surface area contributed by atoms with Crippen molar-refractivity contribution in [2.45, 2.75) is 193 Å². The first kappa shape index (κ1) is 49.5. The smallest absolute Gasteiger partial charge is 0.462 e. The standard InChI is InChI=1S/C40H75O10P/c1-3-5-7-9-11-13-15-17-18-20-21-23-25-27-29-31-39(43)47-35-38(36-49-51(45,46)48-34-37(42)33-41)50-40(44)32-30-28-26-24-22-19-16-14-12-10-8-6-4-2/h14,16,20-21,37-38,41-42H,3-13,15,17-19,22-36H2,1-2H3,(H,45,46)/b16-14+,21-20+/t37-,38+/m0/s1. The molecule has 3 N–H and O–H groups in total. The lowest BCUT2D eigenvalue weighted by Crippen LogP contribution is -2.29. The third-order valence-corrected chi connectivity index (χ3v) is 9.53. The first-order chi connectivity index (χ1) is 24.7. The maximum absolute atomic E-state index is 12.6. The van der Waals surface area contributed by atoms with Gasteiger partial charge < -0.3 is 24.6 Å². The number of carbonyl (C=O) groups is 2. The molecule has 0 amide bonds. The van der Waals surface area contributed by atoms with E-state index in [9.17, 15) is 24.2 Å². The SMILES string of the molecule is CCCCCC/C=C/CCCCCCCC(=O)O[C@H](COC(=O)CCCCC/C=C/CCCCCCCCCC)COP(=O)(O)OC[C@@H](O)CO. The Balaban J connectivity index is 4.36. The van der Waals surface area contributed by atoms with Gasteiger partial charge in [-0.25, -0.2) is 4.57 Å². The van der Waals surface area contributed by atoms with Gasteiger partial charge in [-0.2, -0.15) is 0 Å². The minimum atomic E-state index is -4.61. The van der Waals surface area contributed by atoms with Crippen LogP contribution in [0.1, 0.15) is 181 Å². The van der Waals surface area contributed by atoms with E-state index in [1.165, 1.54) is 77.0 Å². The third-order valence-electron chi connectivity index (χ3n) is 8.58. The molecule has 0 aromatic rings. The summed E-state index contributed by atoms with van der Waals surface area (Å²) in [6.07, 6.45) is 34.3. The van der Waals surface area contributed by atoms with Crippen LogP contribution in [-0.2, 0) is 32.7 Å². The lowest BCUT2D eigenvalue weighted by Gasteiger charge is -2.20. The van der Waals surface area contributed by atoms with Gasteiger partial charge in [0, 0.05) is 12.8 Å². The molecule has 51 heavy (non-hydrogen) atoms. The fourth-order valence-electron chi connectivity index (χ4n) is 5.39. The fraction of sp³-hybridized carbons (Fsp3) is 0.850. The van der Waals surface area contributed by atoms with Gasteiger partial charge in [-0.15, -0.1) is 0 Å². The summed E-state index contributed by atoms with van der Waals surface area (Å²) in [4.78, 5) is 34.9. The number of hydrogen-bond acceptors (Lipinski definition) is 9. The second-order valence-electron chi connectivity index (χ2n) is 13.7. The molecule has 0 spiro atoms. The zero-order valence-corrected chi connectivity index (χ0v) is 33.2. The highest BCUT2D eigenvalue weighted by atomic mass is 31.2. The Bertz CT molecular complexity index is 910. The molecule has 0 saturated heterocycles. The molecule has 0 aliphatic rings. The zero-order chi connectivity index (χ0) is 37.7. The highest BCUT2D eigenvalue weighted by Gasteiger charge is 2.27. The number of aliphatic hydroxyl groups excluding tert-OH is 2. The van der Waals surface area contributed by atoms with Crippen molar-refractivity contribution >= 4 is 19.8 Å². The molecule has 0 heterocycles. The van der Waals surface area contributed by atoms with Gasteiger partial charge in [0.2, 0.25) is 0 Å². The van der Waals surface area contributed by atoms with Gasteiger partial charge in [-0.05, 0) is 64.2 Å². The van der Waals surface area contributed by atoms with Crippen LogP contribution < -0.4 is 0 Å². The van der Waals surface area contributed by atoms with E-state index in [1.807, 2.05) is 0 Å². The van der Waals surface area contributed by atoms with Gasteiger partial charge in [-0.3, -0.25) is 18.6 Å². The number of ether oxygens (including phenoxy) is 2. The Morgan fingerprint density at radius 1 is 0.569 bits per heavy atom. The number of carbonyl (C=O) groups excluding carboxylic acids is 2. The number of phosphoric ester groups is 1. The zero-order valence-electron chi connectivity index (χ0n) is 32.3. The monoisotopic (exact) mass is 747 g/mol. The Hall–Kier alpha value is -1.55. The summed E-state index contributed by atoms with van der Waals surface area (Å²) >= 11 is 0. The minimum Gasteiger partial charge on any atom is -0.462 e. The van der Waals surface area contributed by atoms with Gasteiger partial charge in [-0.1, -0.05) is 128 Å². The Labute approximate surface area is 310 Å². The second-order valence-corrected chi connectivity index (χ2v) is 15.1. The number of aliphatic hydroxyl groups is 2. The molecule has 10 nitrogen and oxygen atoms in total. The van der Waals surface area contributed by atoms with E-state index < -0.39 is 51.8 Å². The van der Waals surface area contributed by atoms with Crippen molar-refractivity contribution in [1.82, 2.24) is 0 Å². The Kier molecular flexibility index (Phi) is 35.7. The largest absolute Gasteiger partial charge is 0.472 e. The maximum Gasteiger partial charge on any atom is 0.472 e. The van der Waals surface area contributed by atoms with Crippen molar-refractivity contribution in [3.05, 3.63) is 24.3 Å². The molecule has 11 heteroatoms. The second kappa shape index (κ2) is 36.8. The molecule has 0 fully saturated rings. The Morgan fingerprint density at radius 3 is 1.45 bits per heavy atom.